The number of aliphatic hydroxyl groups excluding tert-OH is 1. The molecule has 4 aliphatic carbocycles. The summed E-state index contributed by atoms with van der Waals surface area (Å²) in [7, 11) is 0. The molecule has 1 spiro atoms. The fourth-order valence-electron chi connectivity index (χ4n) is 9.93. The second-order valence-electron chi connectivity index (χ2n) is 13.0. The van der Waals surface area contributed by atoms with Gasteiger partial charge in [0.2, 0.25) is 0 Å². The molecule has 174 valence electrons. The molecular weight excluding hydrogens is 388 g/mol. The average molecular weight is 431 g/mol. The molecular formula is C27H42O4. The lowest BCUT2D eigenvalue weighted by atomic mass is 9.44. The normalized spacial score (nSPS) is 60.9. The highest BCUT2D eigenvalue weighted by atomic mass is 16.7. The van der Waals surface area contributed by atoms with Gasteiger partial charge in [-0.25, -0.2) is 0 Å². The van der Waals surface area contributed by atoms with E-state index >= 15 is 0 Å². The van der Waals surface area contributed by atoms with Crippen molar-refractivity contribution >= 4 is 5.78 Å². The second-order valence-corrected chi connectivity index (χ2v) is 13.0. The Morgan fingerprint density at radius 1 is 1.00 bits per heavy atom. The van der Waals surface area contributed by atoms with Crippen LogP contribution in [0.4, 0.5) is 0 Å². The fourth-order valence-corrected chi connectivity index (χ4v) is 9.93. The molecule has 2 heterocycles. The number of ether oxygens (including phenoxy) is 2. The lowest BCUT2D eigenvalue weighted by molar-refractivity contribution is -0.272. The smallest absolute Gasteiger partial charge is 0.171 e. The predicted octanol–water partition coefficient (Wildman–Crippen LogP) is 4.97. The first-order valence-electron chi connectivity index (χ1n) is 13.2. The van der Waals surface area contributed by atoms with Crippen molar-refractivity contribution in [1.29, 1.82) is 0 Å². The highest BCUT2D eigenvalue weighted by Crippen LogP contribution is 2.70. The maximum Gasteiger partial charge on any atom is 0.171 e. The van der Waals surface area contributed by atoms with Gasteiger partial charge in [-0.05, 0) is 80.0 Å². The SMILES string of the molecule is C[C@@H]1CCC2(OC1)OC1CC3C4CC[C@H]5C[C@@H](O)CC[C@]5(C)C4CC(=O)[C@]3(C)C1[C@@H]2C. The molecule has 6 fully saturated rings. The molecule has 12 atom stereocenters. The maximum absolute atomic E-state index is 14.0. The zero-order valence-electron chi connectivity index (χ0n) is 19.9. The van der Waals surface area contributed by atoms with E-state index in [0.29, 0.717) is 41.3 Å². The molecule has 1 N–H and O–H groups in total. The van der Waals surface area contributed by atoms with Crippen LogP contribution in [0, 0.1) is 52.3 Å². The van der Waals surface area contributed by atoms with E-state index in [9.17, 15) is 9.90 Å². The average Bonchev–Trinajstić information content (AvgIpc) is 3.18. The first kappa shape index (κ1) is 21.1. The van der Waals surface area contributed by atoms with Crippen LogP contribution in [0.2, 0.25) is 0 Å². The number of carbonyl (C=O) groups is 1. The summed E-state index contributed by atoms with van der Waals surface area (Å²) in [5.41, 5.74) is -0.0221. The van der Waals surface area contributed by atoms with Crippen molar-refractivity contribution in [3.05, 3.63) is 0 Å². The van der Waals surface area contributed by atoms with Crippen LogP contribution in [0.3, 0.4) is 0 Å². The summed E-state index contributed by atoms with van der Waals surface area (Å²) in [5, 5.41) is 10.3. The van der Waals surface area contributed by atoms with Crippen LogP contribution in [0.25, 0.3) is 0 Å². The number of carbonyl (C=O) groups excluding carboxylic acids is 1. The third-order valence-corrected chi connectivity index (χ3v) is 11.8. The van der Waals surface area contributed by atoms with E-state index in [1.165, 1.54) is 12.8 Å². The first-order chi connectivity index (χ1) is 14.7. The Hall–Kier alpha value is -0.450. The molecule has 0 amide bonds. The third-order valence-electron chi connectivity index (χ3n) is 11.8. The molecule has 6 unspecified atom stereocenters. The van der Waals surface area contributed by atoms with Crippen molar-refractivity contribution in [1.82, 2.24) is 0 Å². The fraction of sp³-hybridized carbons (Fsp3) is 0.963. The van der Waals surface area contributed by atoms with Crippen LogP contribution < -0.4 is 0 Å². The molecule has 2 saturated heterocycles. The maximum atomic E-state index is 14.0. The Kier molecular flexibility index (Phi) is 4.62. The summed E-state index contributed by atoms with van der Waals surface area (Å²) >= 11 is 0. The topological polar surface area (TPSA) is 55.8 Å². The van der Waals surface area contributed by atoms with E-state index in [1.54, 1.807) is 0 Å². The molecule has 4 saturated carbocycles. The molecule has 4 nitrogen and oxygen atoms in total. The molecule has 0 bridgehead atoms. The lowest BCUT2D eigenvalue weighted by Gasteiger charge is -2.60. The Bertz CT molecular complexity index is 756. The standard InChI is InChI=1S/C27H42O4/c1-15-7-10-27(30-14-15)16(2)24-22(31-27)12-21-19-6-5-17-11-18(28)8-9-25(17,3)20(19)13-23(29)26(21,24)4/h15-22,24,28H,5-14H2,1-4H3/t15-,16+,17+,18+,19?,20?,21?,22?,24?,25+,26-,27?/m1/s1. The van der Waals surface area contributed by atoms with Gasteiger partial charge >= 0.3 is 0 Å². The number of rotatable bonds is 0. The second kappa shape index (κ2) is 6.79. The summed E-state index contributed by atoms with van der Waals surface area (Å²) in [6, 6.07) is 0. The number of hydrogen-bond donors (Lipinski definition) is 1. The van der Waals surface area contributed by atoms with Crippen LogP contribution in [0.1, 0.15) is 85.5 Å². The number of Topliss-reactive ketones (excluding diaryl/α,β-unsaturated/α-hetero) is 1. The van der Waals surface area contributed by atoms with E-state index < -0.39 is 5.79 Å². The Morgan fingerprint density at radius 3 is 2.55 bits per heavy atom. The third kappa shape index (κ3) is 2.68. The van der Waals surface area contributed by atoms with Crippen molar-refractivity contribution in [3.63, 3.8) is 0 Å². The van der Waals surface area contributed by atoms with E-state index in [0.717, 1.165) is 51.6 Å². The van der Waals surface area contributed by atoms with Crippen LogP contribution >= 0.6 is 0 Å². The molecule has 0 radical (unpaired) electrons. The summed E-state index contributed by atoms with van der Waals surface area (Å²) < 4.78 is 13.2. The van der Waals surface area contributed by atoms with Crippen LogP contribution in [0.5, 0.6) is 0 Å². The van der Waals surface area contributed by atoms with Crippen molar-refractivity contribution in [2.75, 3.05) is 6.61 Å². The van der Waals surface area contributed by atoms with Gasteiger partial charge in [-0.3, -0.25) is 4.79 Å². The highest BCUT2D eigenvalue weighted by Gasteiger charge is 2.71. The van der Waals surface area contributed by atoms with Crippen LogP contribution in [0.15, 0.2) is 0 Å². The first-order valence-corrected chi connectivity index (χ1v) is 13.2. The monoisotopic (exact) mass is 430 g/mol. The minimum Gasteiger partial charge on any atom is -0.393 e. The lowest BCUT2D eigenvalue weighted by Crippen LogP contribution is -2.58. The van der Waals surface area contributed by atoms with E-state index in [2.05, 4.69) is 27.7 Å². The van der Waals surface area contributed by atoms with Crippen molar-refractivity contribution in [2.45, 2.75) is 103 Å². The summed E-state index contributed by atoms with van der Waals surface area (Å²) in [4.78, 5) is 14.0. The number of fused-ring (bicyclic) bond motifs is 7. The van der Waals surface area contributed by atoms with Crippen molar-refractivity contribution in [3.8, 4) is 0 Å². The van der Waals surface area contributed by atoms with Gasteiger partial charge in [0, 0.05) is 30.1 Å². The zero-order chi connectivity index (χ0) is 21.8. The quantitative estimate of drug-likeness (QED) is 0.589. The van der Waals surface area contributed by atoms with Gasteiger partial charge < -0.3 is 14.6 Å². The molecule has 0 aromatic rings. The van der Waals surface area contributed by atoms with Gasteiger partial charge in [0.15, 0.2) is 5.79 Å². The van der Waals surface area contributed by atoms with Gasteiger partial charge in [-0.2, -0.15) is 0 Å². The van der Waals surface area contributed by atoms with Gasteiger partial charge in [0.25, 0.3) is 0 Å². The van der Waals surface area contributed by atoms with Crippen molar-refractivity contribution < 1.29 is 19.4 Å². The predicted molar refractivity (Wildman–Crippen MR) is 118 cm³/mol. The summed E-state index contributed by atoms with van der Waals surface area (Å²) in [6.07, 6.45) is 9.39. The zero-order valence-corrected chi connectivity index (χ0v) is 19.9. The van der Waals surface area contributed by atoms with E-state index in [-0.39, 0.29) is 29.0 Å². The molecule has 31 heavy (non-hydrogen) atoms. The molecule has 0 aromatic carbocycles. The van der Waals surface area contributed by atoms with Gasteiger partial charge in [0.05, 0.1) is 18.8 Å². The number of hydrogen-bond acceptors (Lipinski definition) is 4. The van der Waals surface area contributed by atoms with Crippen LogP contribution in [-0.4, -0.2) is 35.5 Å². The molecule has 2 aliphatic heterocycles. The molecule has 6 aliphatic rings. The van der Waals surface area contributed by atoms with Gasteiger partial charge in [0.1, 0.15) is 5.78 Å². The summed E-state index contributed by atoms with van der Waals surface area (Å²) in [5.74, 6) is 3.45. The van der Waals surface area contributed by atoms with Crippen molar-refractivity contribution in [2.24, 2.45) is 52.3 Å². The molecule has 6 rings (SSSR count). The Balaban J connectivity index is 1.30. The van der Waals surface area contributed by atoms with Crippen LogP contribution in [-0.2, 0) is 14.3 Å². The Labute approximate surface area is 187 Å². The largest absolute Gasteiger partial charge is 0.393 e. The molecule has 4 heteroatoms. The Morgan fingerprint density at radius 2 is 1.81 bits per heavy atom. The minimum atomic E-state index is -0.448. The van der Waals surface area contributed by atoms with Gasteiger partial charge in [-0.15, -0.1) is 0 Å². The minimum absolute atomic E-state index is 0.131. The number of aliphatic hydroxyl groups is 1. The highest BCUT2D eigenvalue weighted by molar-refractivity contribution is 5.87. The molecule has 0 aromatic heterocycles. The van der Waals surface area contributed by atoms with Gasteiger partial charge in [-0.1, -0.05) is 27.7 Å². The van der Waals surface area contributed by atoms with E-state index in [1.807, 2.05) is 0 Å². The van der Waals surface area contributed by atoms with E-state index in [4.69, 9.17) is 9.47 Å². The summed E-state index contributed by atoms with van der Waals surface area (Å²) in [6.45, 7) is 10.1. The number of ketones is 1.